The summed E-state index contributed by atoms with van der Waals surface area (Å²) in [7, 11) is 0. The van der Waals surface area contributed by atoms with Gasteiger partial charge >= 0.3 is 0 Å². The fraction of sp³-hybridized carbons (Fsp3) is 0.0909. The van der Waals surface area contributed by atoms with Crippen molar-refractivity contribution in [1.29, 1.82) is 0 Å². The Morgan fingerprint density at radius 1 is 1.44 bits per heavy atom. The van der Waals surface area contributed by atoms with E-state index >= 15 is 0 Å². The molecule has 7 heteroatoms. The van der Waals surface area contributed by atoms with Gasteiger partial charge in [0.2, 0.25) is 0 Å². The molecule has 0 radical (unpaired) electrons. The first kappa shape index (κ1) is 12.4. The van der Waals surface area contributed by atoms with Gasteiger partial charge in [-0.15, -0.1) is 0 Å². The Kier molecular flexibility index (Phi) is 3.52. The van der Waals surface area contributed by atoms with Crippen LogP contribution in [-0.2, 0) is 6.54 Å². The third-order valence-electron chi connectivity index (χ3n) is 2.19. The molecule has 0 atom stereocenters. The maximum absolute atomic E-state index is 13.3. The highest BCUT2D eigenvalue weighted by atomic mass is 32.1. The number of aromatic nitrogens is 1. The fourth-order valence-electron chi connectivity index (χ4n) is 1.33. The van der Waals surface area contributed by atoms with Crippen LogP contribution < -0.4 is 11.1 Å². The lowest BCUT2D eigenvalue weighted by Crippen LogP contribution is -2.22. The number of benzene rings is 1. The van der Waals surface area contributed by atoms with E-state index < -0.39 is 17.5 Å². The molecule has 1 aromatic heterocycles. The summed E-state index contributed by atoms with van der Waals surface area (Å²) < 4.78 is 26.2. The molecule has 0 aliphatic carbocycles. The normalized spacial score (nSPS) is 10.3. The number of halogens is 2. The monoisotopic (exact) mass is 269 g/mol. The molecule has 4 nitrogen and oxygen atoms in total. The van der Waals surface area contributed by atoms with Crippen molar-refractivity contribution in [1.82, 2.24) is 10.3 Å². The number of thiazole rings is 1. The molecule has 2 rings (SSSR count). The van der Waals surface area contributed by atoms with E-state index in [1.165, 1.54) is 6.20 Å². The molecule has 18 heavy (non-hydrogen) atoms. The minimum Gasteiger partial charge on any atom is -0.375 e. The summed E-state index contributed by atoms with van der Waals surface area (Å²) in [6.07, 6.45) is 1.33. The zero-order valence-corrected chi connectivity index (χ0v) is 9.93. The second-order valence-electron chi connectivity index (χ2n) is 3.48. The third kappa shape index (κ3) is 2.80. The average Bonchev–Trinajstić information content (AvgIpc) is 2.77. The Labute approximate surface area is 105 Å². The van der Waals surface area contributed by atoms with Gasteiger partial charge in [0.1, 0.15) is 16.5 Å². The van der Waals surface area contributed by atoms with Crippen molar-refractivity contribution >= 4 is 22.4 Å². The lowest BCUT2D eigenvalue weighted by atomic mass is 10.2. The van der Waals surface area contributed by atoms with Crippen LogP contribution >= 0.6 is 11.3 Å². The van der Waals surface area contributed by atoms with Crippen LogP contribution in [0.15, 0.2) is 24.4 Å². The predicted molar refractivity (Wildman–Crippen MR) is 64.1 cm³/mol. The highest BCUT2D eigenvalue weighted by Gasteiger charge is 2.10. The lowest BCUT2D eigenvalue weighted by Gasteiger charge is -2.04. The van der Waals surface area contributed by atoms with E-state index in [0.717, 1.165) is 29.5 Å². The van der Waals surface area contributed by atoms with Crippen molar-refractivity contribution in [2.24, 2.45) is 0 Å². The van der Waals surface area contributed by atoms with E-state index in [4.69, 9.17) is 5.73 Å². The molecule has 0 aliphatic rings. The topological polar surface area (TPSA) is 68.0 Å². The zero-order valence-electron chi connectivity index (χ0n) is 9.11. The number of carbonyl (C=O) groups is 1. The molecule has 0 fully saturated rings. The maximum Gasteiger partial charge on any atom is 0.263 e. The molecule has 0 unspecified atom stereocenters. The van der Waals surface area contributed by atoms with Crippen LogP contribution in [-0.4, -0.2) is 10.9 Å². The largest absolute Gasteiger partial charge is 0.375 e. The summed E-state index contributed by atoms with van der Waals surface area (Å²) in [4.78, 5) is 15.7. The van der Waals surface area contributed by atoms with E-state index in [1.807, 2.05) is 0 Å². The molecule has 0 bridgehead atoms. The molecule has 0 aliphatic heterocycles. The van der Waals surface area contributed by atoms with Crippen molar-refractivity contribution in [3.05, 3.63) is 46.5 Å². The molecule has 0 spiro atoms. The summed E-state index contributed by atoms with van der Waals surface area (Å²) in [6, 6.07) is 3.07. The van der Waals surface area contributed by atoms with E-state index in [2.05, 4.69) is 10.3 Å². The molecule has 1 amide bonds. The molecular formula is C11H9F2N3OS. The first-order valence-corrected chi connectivity index (χ1v) is 5.81. The SMILES string of the molecule is Nc1ncc(C(=O)NCc2cc(F)ccc2F)s1. The number of hydrogen-bond acceptors (Lipinski definition) is 4. The second kappa shape index (κ2) is 5.09. The summed E-state index contributed by atoms with van der Waals surface area (Å²) in [5, 5.41) is 2.74. The number of hydrogen-bond donors (Lipinski definition) is 2. The Morgan fingerprint density at radius 3 is 2.89 bits per heavy atom. The number of rotatable bonds is 3. The van der Waals surface area contributed by atoms with Crippen LogP contribution in [0.25, 0.3) is 0 Å². The average molecular weight is 269 g/mol. The number of amides is 1. The first-order valence-electron chi connectivity index (χ1n) is 4.99. The quantitative estimate of drug-likeness (QED) is 0.894. The van der Waals surface area contributed by atoms with Crippen LogP contribution in [0.5, 0.6) is 0 Å². The van der Waals surface area contributed by atoms with Gasteiger partial charge in [0, 0.05) is 12.1 Å². The van der Waals surface area contributed by atoms with Crippen LogP contribution in [0, 0.1) is 11.6 Å². The number of nitrogen functional groups attached to an aromatic ring is 1. The zero-order chi connectivity index (χ0) is 13.1. The summed E-state index contributed by atoms with van der Waals surface area (Å²) >= 11 is 1.03. The number of nitrogens with one attached hydrogen (secondary N) is 1. The van der Waals surface area contributed by atoms with E-state index in [0.29, 0.717) is 4.88 Å². The predicted octanol–water partition coefficient (Wildman–Crippen LogP) is 1.93. The minimum absolute atomic E-state index is 0.0841. The fourth-order valence-corrected chi connectivity index (χ4v) is 1.93. The van der Waals surface area contributed by atoms with Crippen LogP contribution in [0.4, 0.5) is 13.9 Å². The van der Waals surface area contributed by atoms with Crippen LogP contribution in [0.2, 0.25) is 0 Å². The summed E-state index contributed by atoms with van der Waals surface area (Å²) in [6.45, 7) is -0.0970. The van der Waals surface area contributed by atoms with Gasteiger partial charge in [-0.2, -0.15) is 0 Å². The third-order valence-corrected chi connectivity index (χ3v) is 3.02. The van der Waals surface area contributed by atoms with Gasteiger partial charge in [-0.1, -0.05) is 11.3 Å². The van der Waals surface area contributed by atoms with E-state index in [-0.39, 0.29) is 17.2 Å². The maximum atomic E-state index is 13.3. The first-order chi connectivity index (χ1) is 8.56. The highest BCUT2D eigenvalue weighted by Crippen LogP contribution is 2.14. The Hall–Kier alpha value is -2.02. The van der Waals surface area contributed by atoms with Crippen LogP contribution in [0.1, 0.15) is 15.2 Å². The van der Waals surface area contributed by atoms with Crippen LogP contribution in [0.3, 0.4) is 0 Å². The molecule has 0 saturated heterocycles. The van der Waals surface area contributed by atoms with Gasteiger partial charge in [-0.25, -0.2) is 13.8 Å². The van der Waals surface area contributed by atoms with Gasteiger partial charge in [-0.05, 0) is 18.2 Å². The molecular weight excluding hydrogens is 260 g/mol. The minimum atomic E-state index is -0.569. The molecule has 2 aromatic rings. The summed E-state index contributed by atoms with van der Waals surface area (Å²) in [5.74, 6) is -1.55. The van der Waals surface area contributed by atoms with Crippen molar-refractivity contribution in [3.63, 3.8) is 0 Å². The second-order valence-corrected chi connectivity index (χ2v) is 4.54. The molecule has 1 heterocycles. The molecule has 0 saturated carbocycles. The standard InChI is InChI=1S/C11H9F2N3OS/c12-7-1-2-8(13)6(3-7)4-15-10(17)9-5-16-11(14)18-9/h1-3,5H,4H2,(H2,14,16)(H,15,17). The van der Waals surface area contributed by atoms with Gasteiger partial charge in [0.25, 0.3) is 5.91 Å². The van der Waals surface area contributed by atoms with Gasteiger partial charge in [-0.3, -0.25) is 4.79 Å². The number of nitrogens with two attached hydrogens (primary N) is 1. The Morgan fingerprint density at radius 2 is 2.22 bits per heavy atom. The van der Waals surface area contributed by atoms with Gasteiger partial charge in [0.15, 0.2) is 5.13 Å². The van der Waals surface area contributed by atoms with Gasteiger partial charge < -0.3 is 11.1 Å². The van der Waals surface area contributed by atoms with Crippen molar-refractivity contribution in [3.8, 4) is 0 Å². The van der Waals surface area contributed by atoms with Crippen molar-refractivity contribution < 1.29 is 13.6 Å². The molecule has 3 N–H and O–H groups in total. The highest BCUT2D eigenvalue weighted by molar-refractivity contribution is 7.17. The number of anilines is 1. The summed E-state index contributed by atoms with van der Waals surface area (Å²) in [5.41, 5.74) is 5.47. The van der Waals surface area contributed by atoms with Crippen molar-refractivity contribution in [2.75, 3.05) is 5.73 Å². The molecule has 94 valence electrons. The van der Waals surface area contributed by atoms with Crippen molar-refractivity contribution in [2.45, 2.75) is 6.54 Å². The van der Waals surface area contributed by atoms with E-state index in [9.17, 15) is 13.6 Å². The number of carbonyl (C=O) groups excluding carboxylic acids is 1. The van der Waals surface area contributed by atoms with E-state index in [1.54, 1.807) is 0 Å². The number of nitrogens with zero attached hydrogens (tertiary/aromatic N) is 1. The van der Waals surface area contributed by atoms with Gasteiger partial charge in [0.05, 0.1) is 6.20 Å². The smallest absolute Gasteiger partial charge is 0.263 e. The lowest BCUT2D eigenvalue weighted by molar-refractivity contribution is 0.0954. The Balaban J connectivity index is 2.03. The Bertz CT molecular complexity index is 585. The molecule has 1 aromatic carbocycles.